The standard InChI is InChI=1S/C17H26S2Si/c1-12(2)20(13(3)4,14(5)6)16-9-11-19-17(16)15-8-7-10-18-15/h7-14H,1-6H3. The normalized spacial score (nSPS) is 12.8. The quantitative estimate of drug-likeness (QED) is 0.562. The molecule has 0 N–H and O–H groups in total. The lowest BCUT2D eigenvalue weighted by Crippen LogP contribution is -2.55. The first-order valence-corrected chi connectivity index (χ1v) is 11.5. The Balaban J connectivity index is 2.65. The predicted octanol–water partition coefficient (Wildman–Crippen LogP) is 6.36. The molecule has 0 saturated heterocycles. The number of thiophene rings is 2. The van der Waals surface area contributed by atoms with E-state index in [9.17, 15) is 0 Å². The minimum Gasteiger partial charge on any atom is -0.143 e. The van der Waals surface area contributed by atoms with E-state index < -0.39 is 8.07 Å². The smallest absolute Gasteiger partial charge is 0.0962 e. The molecule has 110 valence electrons. The molecule has 0 aliphatic heterocycles. The summed E-state index contributed by atoms with van der Waals surface area (Å²) in [4.78, 5) is 3.00. The van der Waals surface area contributed by atoms with E-state index in [0.29, 0.717) is 0 Å². The van der Waals surface area contributed by atoms with Crippen LogP contribution in [0.4, 0.5) is 0 Å². The van der Waals surface area contributed by atoms with Crippen LogP contribution in [-0.2, 0) is 0 Å². The second-order valence-corrected chi connectivity index (χ2v) is 14.3. The molecule has 2 heterocycles. The van der Waals surface area contributed by atoms with Crippen LogP contribution in [0.3, 0.4) is 0 Å². The van der Waals surface area contributed by atoms with Crippen molar-refractivity contribution in [2.24, 2.45) is 0 Å². The lowest BCUT2D eigenvalue weighted by atomic mass is 10.4. The summed E-state index contributed by atoms with van der Waals surface area (Å²) in [5.41, 5.74) is 2.32. The molecule has 2 rings (SSSR count). The van der Waals surface area contributed by atoms with E-state index in [1.54, 1.807) is 10.1 Å². The van der Waals surface area contributed by atoms with Crippen molar-refractivity contribution in [2.45, 2.75) is 58.2 Å². The Labute approximate surface area is 132 Å². The zero-order valence-corrected chi connectivity index (χ0v) is 16.1. The van der Waals surface area contributed by atoms with Crippen LogP contribution in [0.25, 0.3) is 9.75 Å². The Bertz CT molecular complexity index is 513. The molecule has 0 radical (unpaired) electrons. The highest BCUT2D eigenvalue weighted by molar-refractivity contribution is 7.22. The van der Waals surface area contributed by atoms with Crippen LogP contribution >= 0.6 is 22.7 Å². The molecule has 0 atom stereocenters. The number of hydrogen-bond acceptors (Lipinski definition) is 2. The van der Waals surface area contributed by atoms with Gasteiger partial charge in [-0.15, -0.1) is 22.7 Å². The molecular formula is C17H26S2Si. The highest BCUT2D eigenvalue weighted by Gasteiger charge is 2.46. The van der Waals surface area contributed by atoms with Crippen LogP contribution in [-0.4, -0.2) is 8.07 Å². The Morgan fingerprint density at radius 2 is 1.40 bits per heavy atom. The van der Waals surface area contributed by atoms with Gasteiger partial charge in [0, 0.05) is 9.75 Å². The van der Waals surface area contributed by atoms with Gasteiger partial charge < -0.3 is 0 Å². The molecule has 0 aromatic carbocycles. The van der Waals surface area contributed by atoms with E-state index in [1.165, 1.54) is 4.88 Å². The molecule has 0 unspecified atom stereocenters. The molecule has 0 nitrogen and oxygen atoms in total. The highest BCUT2D eigenvalue weighted by Crippen LogP contribution is 2.44. The molecule has 0 amide bonds. The summed E-state index contributed by atoms with van der Waals surface area (Å²) in [6.45, 7) is 14.7. The first kappa shape index (κ1) is 16.0. The molecule has 20 heavy (non-hydrogen) atoms. The summed E-state index contributed by atoms with van der Waals surface area (Å²) >= 11 is 3.81. The third-order valence-electron chi connectivity index (χ3n) is 4.74. The first-order valence-electron chi connectivity index (χ1n) is 7.54. The van der Waals surface area contributed by atoms with Gasteiger partial charge in [0.05, 0.1) is 8.07 Å². The Hall–Kier alpha value is -0.383. The summed E-state index contributed by atoms with van der Waals surface area (Å²) in [6, 6.07) is 6.89. The number of rotatable bonds is 5. The lowest BCUT2D eigenvalue weighted by Gasteiger charge is -2.43. The Morgan fingerprint density at radius 1 is 0.800 bits per heavy atom. The Morgan fingerprint density at radius 3 is 1.85 bits per heavy atom. The van der Waals surface area contributed by atoms with Crippen LogP contribution < -0.4 is 5.19 Å². The maximum absolute atomic E-state index is 2.45. The van der Waals surface area contributed by atoms with Crippen molar-refractivity contribution in [1.82, 2.24) is 0 Å². The third-order valence-corrected chi connectivity index (χ3v) is 14.0. The van der Waals surface area contributed by atoms with Gasteiger partial charge >= 0.3 is 0 Å². The van der Waals surface area contributed by atoms with Crippen molar-refractivity contribution < 1.29 is 0 Å². The predicted molar refractivity (Wildman–Crippen MR) is 98.3 cm³/mol. The van der Waals surface area contributed by atoms with Crippen molar-refractivity contribution in [1.29, 1.82) is 0 Å². The molecule has 0 aliphatic rings. The second-order valence-electron chi connectivity index (χ2n) is 6.54. The molecule has 0 aliphatic carbocycles. The third kappa shape index (κ3) is 2.44. The van der Waals surface area contributed by atoms with Crippen LogP contribution in [0.2, 0.25) is 16.6 Å². The van der Waals surface area contributed by atoms with Gasteiger partial charge in [-0.1, -0.05) is 53.7 Å². The molecule has 0 spiro atoms. The monoisotopic (exact) mass is 322 g/mol. The minimum atomic E-state index is -1.54. The zero-order valence-electron chi connectivity index (χ0n) is 13.4. The summed E-state index contributed by atoms with van der Waals surface area (Å²) in [6.07, 6.45) is 0. The van der Waals surface area contributed by atoms with Gasteiger partial charge in [0.1, 0.15) is 0 Å². The molecule has 3 heteroatoms. The molecule has 0 saturated carbocycles. The van der Waals surface area contributed by atoms with E-state index in [0.717, 1.165) is 16.6 Å². The fourth-order valence-corrected chi connectivity index (χ4v) is 13.6. The molecule has 0 fully saturated rings. The van der Waals surface area contributed by atoms with Gasteiger partial charge in [-0.2, -0.15) is 0 Å². The van der Waals surface area contributed by atoms with Gasteiger partial charge in [0.2, 0.25) is 0 Å². The summed E-state index contributed by atoms with van der Waals surface area (Å²) in [7, 11) is -1.54. The van der Waals surface area contributed by atoms with Gasteiger partial charge in [-0.05, 0) is 38.6 Å². The molecule has 2 aromatic heterocycles. The summed E-state index contributed by atoms with van der Waals surface area (Å²) < 4.78 is 0. The van der Waals surface area contributed by atoms with Crippen LogP contribution in [0.1, 0.15) is 41.5 Å². The fraction of sp³-hybridized carbons (Fsp3) is 0.529. The molecule has 2 aromatic rings. The maximum atomic E-state index is 2.45. The van der Waals surface area contributed by atoms with E-state index in [2.05, 4.69) is 70.5 Å². The van der Waals surface area contributed by atoms with Crippen LogP contribution in [0, 0.1) is 0 Å². The summed E-state index contributed by atoms with van der Waals surface area (Å²) in [5.74, 6) is 0. The van der Waals surface area contributed by atoms with E-state index in [-0.39, 0.29) is 0 Å². The largest absolute Gasteiger partial charge is 0.143 e. The Kier molecular flexibility index (Phi) is 4.93. The average Bonchev–Trinajstić information content (AvgIpc) is 2.96. The number of hydrogen-bond donors (Lipinski definition) is 0. The topological polar surface area (TPSA) is 0 Å². The fourth-order valence-electron chi connectivity index (χ4n) is 4.18. The highest BCUT2D eigenvalue weighted by atomic mass is 32.1. The summed E-state index contributed by atoms with van der Waals surface area (Å²) in [5, 5.41) is 6.20. The van der Waals surface area contributed by atoms with Crippen molar-refractivity contribution in [3.8, 4) is 9.75 Å². The van der Waals surface area contributed by atoms with E-state index in [4.69, 9.17) is 0 Å². The second kappa shape index (κ2) is 6.16. The first-order chi connectivity index (χ1) is 9.42. The minimum absolute atomic E-state index is 0.774. The van der Waals surface area contributed by atoms with Crippen molar-refractivity contribution in [3.63, 3.8) is 0 Å². The zero-order chi connectivity index (χ0) is 14.9. The average molecular weight is 323 g/mol. The van der Waals surface area contributed by atoms with Crippen LogP contribution in [0.15, 0.2) is 29.0 Å². The molecular weight excluding hydrogens is 296 g/mol. The van der Waals surface area contributed by atoms with Crippen molar-refractivity contribution in [2.75, 3.05) is 0 Å². The van der Waals surface area contributed by atoms with Gasteiger partial charge in [-0.3, -0.25) is 0 Å². The SMILES string of the molecule is CC(C)[Si](c1ccsc1-c1cccs1)(C(C)C)C(C)C. The van der Waals surface area contributed by atoms with Crippen molar-refractivity contribution >= 4 is 35.9 Å². The van der Waals surface area contributed by atoms with Gasteiger partial charge in [0.25, 0.3) is 0 Å². The molecule has 0 bridgehead atoms. The maximum Gasteiger partial charge on any atom is 0.0962 e. The van der Waals surface area contributed by atoms with Crippen molar-refractivity contribution in [3.05, 3.63) is 29.0 Å². The van der Waals surface area contributed by atoms with E-state index >= 15 is 0 Å². The lowest BCUT2D eigenvalue weighted by molar-refractivity contribution is 0.836. The van der Waals surface area contributed by atoms with E-state index in [1.807, 2.05) is 22.7 Å². The van der Waals surface area contributed by atoms with Crippen LogP contribution in [0.5, 0.6) is 0 Å². The van der Waals surface area contributed by atoms with Gasteiger partial charge in [0.15, 0.2) is 0 Å². The van der Waals surface area contributed by atoms with Gasteiger partial charge in [-0.25, -0.2) is 0 Å².